The zero-order chi connectivity index (χ0) is 12.8. The van der Waals surface area contributed by atoms with E-state index in [2.05, 4.69) is 13.8 Å². The summed E-state index contributed by atoms with van der Waals surface area (Å²) < 4.78 is 5.61. The Bertz CT molecular complexity index is 395. The Kier molecular flexibility index (Phi) is 5.22. The first kappa shape index (κ1) is 13.8. The van der Waals surface area contributed by atoms with Gasteiger partial charge in [-0.2, -0.15) is 0 Å². The molecule has 1 unspecified atom stereocenters. The van der Waals surface area contributed by atoms with Gasteiger partial charge >= 0.3 is 0 Å². The standard InChI is InChI=1S/C12H16ClNO3/c1-3-9(2)8-17-12-5-4-11(14(15)16)6-10(12)7-13/h4-6,9H,3,7-8H2,1-2H3. The van der Waals surface area contributed by atoms with Crippen LogP contribution in [-0.2, 0) is 5.88 Å². The fraction of sp³-hybridized carbons (Fsp3) is 0.500. The topological polar surface area (TPSA) is 52.4 Å². The molecule has 0 radical (unpaired) electrons. The van der Waals surface area contributed by atoms with Crippen LogP contribution in [0.5, 0.6) is 5.75 Å². The number of nitro groups is 1. The summed E-state index contributed by atoms with van der Waals surface area (Å²) in [5, 5.41) is 10.6. The Hall–Kier alpha value is -1.29. The third-order valence-corrected chi connectivity index (χ3v) is 2.91. The molecule has 0 N–H and O–H groups in total. The molecule has 1 atom stereocenters. The monoisotopic (exact) mass is 257 g/mol. The van der Waals surface area contributed by atoms with Crippen LogP contribution in [0, 0.1) is 16.0 Å². The second-order valence-corrected chi connectivity index (χ2v) is 4.27. The Morgan fingerprint density at radius 3 is 2.76 bits per heavy atom. The number of benzene rings is 1. The molecule has 0 spiro atoms. The van der Waals surface area contributed by atoms with Crippen LogP contribution in [0.4, 0.5) is 5.69 Å². The van der Waals surface area contributed by atoms with Gasteiger partial charge in [0.25, 0.3) is 5.69 Å². The molecule has 0 saturated carbocycles. The highest BCUT2D eigenvalue weighted by Gasteiger charge is 2.11. The lowest BCUT2D eigenvalue weighted by molar-refractivity contribution is -0.384. The summed E-state index contributed by atoms with van der Waals surface area (Å²) in [4.78, 5) is 10.2. The first-order valence-corrected chi connectivity index (χ1v) is 6.08. The lowest BCUT2D eigenvalue weighted by Gasteiger charge is -2.13. The van der Waals surface area contributed by atoms with E-state index in [0.717, 1.165) is 6.42 Å². The van der Waals surface area contributed by atoms with Crippen LogP contribution in [0.2, 0.25) is 0 Å². The van der Waals surface area contributed by atoms with Crippen molar-refractivity contribution in [2.45, 2.75) is 26.1 Å². The third kappa shape index (κ3) is 3.89. The zero-order valence-electron chi connectivity index (χ0n) is 9.98. The quantitative estimate of drug-likeness (QED) is 0.443. The maximum atomic E-state index is 10.6. The molecule has 94 valence electrons. The Labute approximate surface area is 106 Å². The van der Waals surface area contributed by atoms with Crippen LogP contribution in [-0.4, -0.2) is 11.5 Å². The smallest absolute Gasteiger partial charge is 0.270 e. The molecule has 0 amide bonds. The number of ether oxygens (including phenoxy) is 1. The summed E-state index contributed by atoms with van der Waals surface area (Å²) in [6, 6.07) is 4.50. The summed E-state index contributed by atoms with van der Waals surface area (Å²) in [6.45, 7) is 4.77. The minimum Gasteiger partial charge on any atom is -0.493 e. The van der Waals surface area contributed by atoms with E-state index in [0.29, 0.717) is 23.8 Å². The van der Waals surface area contributed by atoms with E-state index in [1.54, 1.807) is 6.07 Å². The number of rotatable bonds is 6. The van der Waals surface area contributed by atoms with Crippen LogP contribution < -0.4 is 4.74 Å². The number of nitrogens with zero attached hydrogens (tertiary/aromatic N) is 1. The van der Waals surface area contributed by atoms with Crippen molar-refractivity contribution in [3.63, 3.8) is 0 Å². The van der Waals surface area contributed by atoms with E-state index in [1.165, 1.54) is 12.1 Å². The minimum absolute atomic E-state index is 0.0385. The molecular formula is C12H16ClNO3. The molecule has 1 rings (SSSR count). The molecule has 0 aliphatic carbocycles. The highest BCUT2D eigenvalue weighted by Crippen LogP contribution is 2.26. The number of alkyl halides is 1. The predicted molar refractivity (Wildman–Crippen MR) is 67.6 cm³/mol. The summed E-state index contributed by atoms with van der Waals surface area (Å²) >= 11 is 5.76. The van der Waals surface area contributed by atoms with Gasteiger partial charge in [0.05, 0.1) is 17.4 Å². The van der Waals surface area contributed by atoms with Crippen LogP contribution in [0.1, 0.15) is 25.8 Å². The first-order chi connectivity index (χ1) is 8.08. The van der Waals surface area contributed by atoms with Crippen molar-refractivity contribution < 1.29 is 9.66 Å². The maximum absolute atomic E-state index is 10.6. The second kappa shape index (κ2) is 6.45. The highest BCUT2D eigenvalue weighted by atomic mass is 35.5. The van der Waals surface area contributed by atoms with Gasteiger partial charge in [-0.1, -0.05) is 20.3 Å². The summed E-state index contributed by atoms with van der Waals surface area (Å²) in [6.07, 6.45) is 1.03. The van der Waals surface area contributed by atoms with Crippen molar-refractivity contribution in [1.82, 2.24) is 0 Å². The van der Waals surface area contributed by atoms with Crippen molar-refractivity contribution in [2.75, 3.05) is 6.61 Å². The van der Waals surface area contributed by atoms with Gasteiger partial charge in [-0.15, -0.1) is 11.6 Å². The number of non-ortho nitro benzene ring substituents is 1. The number of nitro benzene ring substituents is 1. The Balaban J connectivity index is 2.82. The predicted octanol–water partition coefficient (Wildman–Crippen LogP) is 3.76. The van der Waals surface area contributed by atoms with Gasteiger partial charge < -0.3 is 4.74 Å². The number of halogens is 1. The molecule has 1 aromatic carbocycles. The zero-order valence-corrected chi connectivity index (χ0v) is 10.7. The van der Waals surface area contributed by atoms with Crippen molar-refractivity contribution in [3.8, 4) is 5.75 Å². The lowest BCUT2D eigenvalue weighted by Crippen LogP contribution is -2.08. The molecule has 0 aliphatic heterocycles. The van der Waals surface area contributed by atoms with Crippen molar-refractivity contribution >= 4 is 17.3 Å². The molecule has 0 heterocycles. The maximum Gasteiger partial charge on any atom is 0.270 e. The summed E-state index contributed by atoms with van der Waals surface area (Å²) in [5.41, 5.74) is 0.695. The normalized spacial score (nSPS) is 12.2. The van der Waals surface area contributed by atoms with Crippen molar-refractivity contribution in [1.29, 1.82) is 0 Å². The van der Waals surface area contributed by atoms with E-state index >= 15 is 0 Å². The first-order valence-electron chi connectivity index (χ1n) is 5.54. The number of hydrogen-bond donors (Lipinski definition) is 0. The molecule has 4 nitrogen and oxygen atoms in total. The van der Waals surface area contributed by atoms with Crippen molar-refractivity contribution in [3.05, 3.63) is 33.9 Å². The van der Waals surface area contributed by atoms with Gasteiger partial charge in [0.2, 0.25) is 0 Å². The molecule has 0 saturated heterocycles. The van der Waals surface area contributed by atoms with Gasteiger partial charge in [0.15, 0.2) is 0 Å². The lowest BCUT2D eigenvalue weighted by atomic mass is 10.1. The molecule has 0 bridgehead atoms. The molecule has 0 fully saturated rings. The molecule has 5 heteroatoms. The van der Waals surface area contributed by atoms with Crippen molar-refractivity contribution in [2.24, 2.45) is 5.92 Å². The molecular weight excluding hydrogens is 242 g/mol. The van der Waals surface area contributed by atoms with Crippen LogP contribution >= 0.6 is 11.6 Å². The van der Waals surface area contributed by atoms with E-state index < -0.39 is 4.92 Å². The van der Waals surface area contributed by atoms with E-state index in [9.17, 15) is 10.1 Å². The average Bonchev–Trinajstić information content (AvgIpc) is 2.35. The molecule has 0 aromatic heterocycles. The largest absolute Gasteiger partial charge is 0.493 e. The molecule has 0 aliphatic rings. The van der Waals surface area contributed by atoms with Gasteiger partial charge in [-0.05, 0) is 12.0 Å². The fourth-order valence-corrected chi connectivity index (χ4v) is 1.48. The molecule has 1 aromatic rings. The average molecular weight is 258 g/mol. The van der Waals surface area contributed by atoms with Crippen LogP contribution in [0.3, 0.4) is 0 Å². The van der Waals surface area contributed by atoms with E-state index in [1.807, 2.05) is 0 Å². The summed E-state index contributed by atoms with van der Waals surface area (Å²) in [7, 11) is 0. The minimum atomic E-state index is -0.436. The van der Waals surface area contributed by atoms with Gasteiger partial charge in [0.1, 0.15) is 5.75 Å². The Morgan fingerprint density at radius 2 is 2.24 bits per heavy atom. The Morgan fingerprint density at radius 1 is 1.53 bits per heavy atom. The third-order valence-electron chi connectivity index (χ3n) is 2.62. The SMILES string of the molecule is CCC(C)COc1ccc([N+](=O)[O-])cc1CCl. The fourth-order valence-electron chi connectivity index (χ4n) is 1.27. The van der Waals surface area contributed by atoms with Gasteiger partial charge in [-0.3, -0.25) is 10.1 Å². The number of hydrogen-bond acceptors (Lipinski definition) is 3. The highest BCUT2D eigenvalue weighted by molar-refractivity contribution is 6.17. The van der Waals surface area contributed by atoms with E-state index in [-0.39, 0.29) is 11.6 Å². The van der Waals surface area contributed by atoms with Gasteiger partial charge in [-0.25, -0.2) is 0 Å². The van der Waals surface area contributed by atoms with Crippen LogP contribution in [0.25, 0.3) is 0 Å². The van der Waals surface area contributed by atoms with E-state index in [4.69, 9.17) is 16.3 Å². The molecule has 17 heavy (non-hydrogen) atoms. The van der Waals surface area contributed by atoms with Crippen LogP contribution in [0.15, 0.2) is 18.2 Å². The second-order valence-electron chi connectivity index (χ2n) is 4.01. The summed E-state index contributed by atoms with van der Waals surface area (Å²) in [5.74, 6) is 1.29. The van der Waals surface area contributed by atoms with Gasteiger partial charge in [0, 0.05) is 17.7 Å².